The summed E-state index contributed by atoms with van der Waals surface area (Å²) < 4.78 is 7.02. The number of carbonyl (C=O) groups is 2. The monoisotopic (exact) mass is 293 g/mol. The molecule has 2 rings (SSSR count). The summed E-state index contributed by atoms with van der Waals surface area (Å²) in [6.45, 7) is 5.66. The second-order valence-corrected chi connectivity index (χ2v) is 5.38. The molecule has 0 radical (unpaired) electrons. The van der Waals surface area contributed by atoms with Crippen molar-refractivity contribution in [3.05, 3.63) is 18.0 Å². The minimum atomic E-state index is -0.767. The van der Waals surface area contributed by atoms with Gasteiger partial charge in [-0.15, -0.1) is 0 Å². The maximum atomic E-state index is 12.2. The van der Waals surface area contributed by atoms with Crippen molar-refractivity contribution in [1.82, 2.24) is 9.47 Å². The molecule has 0 aromatic carbocycles. The van der Waals surface area contributed by atoms with Gasteiger partial charge in [-0.25, -0.2) is 4.79 Å². The van der Waals surface area contributed by atoms with Gasteiger partial charge in [0.25, 0.3) is 5.91 Å². The van der Waals surface area contributed by atoms with Crippen molar-refractivity contribution in [2.45, 2.75) is 45.8 Å². The van der Waals surface area contributed by atoms with Gasteiger partial charge in [0.15, 0.2) is 6.10 Å². The molecule has 2 N–H and O–H groups in total. The van der Waals surface area contributed by atoms with E-state index >= 15 is 0 Å². The smallest absolute Gasteiger partial charge is 0.355 e. The van der Waals surface area contributed by atoms with Crippen molar-refractivity contribution in [2.75, 3.05) is 18.8 Å². The number of aryl methyl sites for hydroxylation is 1. The molecule has 1 fully saturated rings. The Morgan fingerprint density at radius 2 is 2.00 bits per heavy atom. The Morgan fingerprint density at radius 1 is 1.33 bits per heavy atom. The molecule has 0 aliphatic carbocycles. The minimum absolute atomic E-state index is 0.120. The molecule has 0 saturated carbocycles. The molecule has 21 heavy (non-hydrogen) atoms. The van der Waals surface area contributed by atoms with Crippen molar-refractivity contribution in [2.24, 2.45) is 0 Å². The molecule has 0 bridgehead atoms. The Morgan fingerprint density at radius 3 is 2.62 bits per heavy atom. The predicted molar refractivity (Wildman–Crippen MR) is 79.8 cm³/mol. The molecule has 1 amide bonds. The number of esters is 1. The Bertz CT molecular complexity index is 518. The summed E-state index contributed by atoms with van der Waals surface area (Å²) in [5.41, 5.74) is 6.59. The molecular weight excluding hydrogens is 270 g/mol. The van der Waals surface area contributed by atoms with Crippen LogP contribution in [0.3, 0.4) is 0 Å². The highest BCUT2D eigenvalue weighted by Crippen LogP contribution is 2.15. The first-order chi connectivity index (χ1) is 10.0. The molecule has 6 nitrogen and oxygen atoms in total. The minimum Gasteiger partial charge on any atom is -0.448 e. The van der Waals surface area contributed by atoms with Gasteiger partial charge < -0.3 is 19.9 Å². The maximum Gasteiger partial charge on any atom is 0.355 e. The van der Waals surface area contributed by atoms with Gasteiger partial charge in [0.05, 0.1) is 5.69 Å². The first kappa shape index (κ1) is 15.4. The number of anilines is 1. The average molecular weight is 293 g/mol. The molecule has 1 atom stereocenters. The number of hydrogen-bond acceptors (Lipinski definition) is 4. The number of nitrogen functional groups attached to an aromatic ring is 1. The zero-order valence-electron chi connectivity index (χ0n) is 12.7. The Hall–Kier alpha value is -1.98. The lowest BCUT2D eigenvalue weighted by Gasteiger charge is -2.28. The topological polar surface area (TPSA) is 77.6 Å². The van der Waals surface area contributed by atoms with E-state index < -0.39 is 12.1 Å². The van der Waals surface area contributed by atoms with E-state index in [-0.39, 0.29) is 5.91 Å². The molecule has 0 spiro atoms. The van der Waals surface area contributed by atoms with Crippen LogP contribution in [0.2, 0.25) is 0 Å². The van der Waals surface area contributed by atoms with Crippen molar-refractivity contribution in [1.29, 1.82) is 0 Å². The van der Waals surface area contributed by atoms with E-state index in [0.717, 1.165) is 32.4 Å². The van der Waals surface area contributed by atoms with Gasteiger partial charge in [0.2, 0.25) is 0 Å². The fourth-order valence-corrected chi connectivity index (χ4v) is 2.61. The molecule has 116 valence electrons. The van der Waals surface area contributed by atoms with E-state index in [4.69, 9.17) is 10.5 Å². The molecule has 1 aliphatic rings. The highest BCUT2D eigenvalue weighted by molar-refractivity contribution is 5.92. The fraction of sp³-hybridized carbons (Fsp3) is 0.600. The molecule has 1 aromatic rings. The SMILES string of the molecule is CCn1cc(N)cc1C(=O)OC(C)C(=O)N1CCCCC1. The van der Waals surface area contributed by atoms with Crippen LogP contribution >= 0.6 is 0 Å². The van der Waals surface area contributed by atoms with E-state index in [1.54, 1.807) is 28.7 Å². The van der Waals surface area contributed by atoms with Gasteiger partial charge in [-0.2, -0.15) is 0 Å². The van der Waals surface area contributed by atoms with Crippen LogP contribution in [0, 0.1) is 0 Å². The third-order valence-electron chi connectivity index (χ3n) is 3.77. The number of amides is 1. The fourth-order valence-electron chi connectivity index (χ4n) is 2.61. The van der Waals surface area contributed by atoms with Crippen LogP contribution in [-0.4, -0.2) is 40.5 Å². The van der Waals surface area contributed by atoms with Gasteiger partial charge in [0.1, 0.15) is 5.69 Å². The van der Waals surface area contributed by atoms with E-state index in [1.165, 1.54) is 0 Å². The van der Waals surface area contributed by atoms with Crippen molar-refractivity contribution < 1.29 is 14.3 Å². The average Bonchev–Trinajstić information content (AvgIpc) is 2.88. The van der Waals surface area contributed by atoms with Crippen LogP contribution in [-0.2, 0) is 16.1 Å². The summed E-state index contributed by atoms with van der Waals surface area (Å²) in [5.74, 6) is -0.628. The van der Waals surface area contributed by atoms with Gasteiger partial charge in [-0.1, -0.05) is 0 Å². The number of rotatable bonds is 4. The number of piperidine rings is 1. The third-order valence-corrected chi connectivity index (χ3v) is 3.77. The molecule has 1 aliphatic heterocycles. The summed E-state index contributed by atoms with van der Waals surface area (Å²) in [4.78, 5) is 26.2. The number of nitrogens with two attached hydrogens (primary N) is 1. The number of likely N-dealkylation sites (tertiary alicyclic amines) is 1. The van der Waals surface area contributed by atoms with Crippen molar-refractivity contribution in [3.8, 4) is 0 Å². The molecular formula is C15H23N3O3. The van der Waals surface area contributed by atoms with Crippen molar-refractivity contribution in [3.63, 3.8) is 0 Å². The number of hydrogen-bond donors (Lipinski definition) is 1. The lowest BCUT2D eigenvalue weighted by Crippen LogP contribution is -2.42. The first-order valence-corrected chi connectivity index (χ1v) is 7.48. The number of aromatic nitrogens is 1. The number of carbonyl (C=O) groups excluding carboxylic acids is 2. The van der Waals surface area contributed by atoms with Crippen LogP contribution in [0.15, 0.2) is 12.3 Å². The van der Waals surface area contributed by atoms with Gasteiger partial charge in [0, 0.05) is 25.8 Å². The zero-order valence-corrected chi connectivity index (χ0v) is 12.7. The normalized spacial score (nSPS) is 16.6. The second-order valence-electron chi connectivity index (χ2n) is 5.38. The summed E-state index contributed by atoms with van der Waals surface area (Å²) >= 11 is 0. The Kier molecular flexibility index (Phi) is 4.88. The van der Waals surface area contributed by atoms with Crippen LogP contribution in [0.25, 0.3) is 0 Å². The highest BCUT2D eigenvalue weighted by Gasteiger charge is 2.26. The molecule has 6 heteroatoms. The molecule has 1 saturated heterocycles. The van der Waals surface area contributed by atoms with Gasteiger partial charge >= 0.3 is 5.97 Å². The van der Waals surface area contributed by atoms with Crippen LogP contribution < -0.4 is 5.73 Å². The van der Waals surface area contributed by atoms with Crippen LogP contribution in [0.1, 0.15) is 43.6 Å². The standard InChI is InChI=1S/C15H23N3O3/c1-3-17-10-12(16)9-13(17)15(20)21-11(2)14(19)18-7-5-4-6-8-18/h9-11H,3-8,16H2,1-2H3. The van der Waals surface area contributed by atoms with Gasteiger partial charge in [-0.3, -0.25) is 4.79 Å². The first-order valence-electron chi connectivity index (χ1n) is 7.48. The predicted octanol–water partition coefficient (Wildman–Crippen LogP) is 1.65. The van der Waals surface area contributed by atoms with E-state index in [0.29, 0.717) is 17.9 Å². The summed E-state index contributed by atoms with van der Waals surface area (Å²) in [6.07, 6.45) is 4.11. The van der Waals surface area contributed by atoms with E-state index in [9.17, 15) is 9.59 Å². The maximum absolute atomic E-state index is 12.2. The van der Waals surface area contributed by atoms with Crippen LogP contribution in [0.4, 0.5) is 5.69 Å². The molecule has 1 unspecified atom stereocenters. The largest absolute Gasteiger partial charge is 0.448 e. The number of ether oxygens (including phenoxy) is 1. The highest BCUT2D eigenvalue weighted by atomic mass is 16.5. The quantitative estimate of drug-likeness (QED) is 0.856. The lowest BCUT2D eigenvalue weighted by molar-refractivity contribution is -0.140. The summed E-state index contributed by atoms with van der Waals surface area (Å²) in [7, 11) is 0. The number of nitrogens with zero attached hydrogens (tertiary/aromatic N) is 2. The zero-order chi connectivity index (χ0) is 15.4. The van der Waals surface area contributed by atoms with Crippen molar-refractivity contribution >= 4 is 17.6 Å². The Labute approximate surface area is 124 Å². The summed E-state index contributed by atoms with van der Waals surface area (Å²) in [6, 6.07) is 1.57. The molecule has 1 aromatic heterocycles. The van der Waals surface area contributed by atoms with Gasteiger partial charge in [-0.05, 0) is 39.2 Å². The van der Waals surface area contributed by atoms with E-state index in [1.807, 2.05) is 6.92 Å². The molecule has 2 heterocycles. The second kappa shape index (κ2) is 6.65. The lowest BCUT2D eigenvalue weighted by atomic mass is 10.1. The summed E-state index contributed by atoms with van der Waals surface area (Å²) in [5, 5.41) is 0. The van der Waals surface area contributed by atoms with E-state index in [2.05, 4.69) is 0 Å². The third kappa shape index (κ3) is 3.56. The Balaban J connectivity index is 1.99. The van der Waals surface area contributed by atoms with Crippen LogP contribution in [0.5, 0.6) is 0 Å².